The fraction of sp³-hybridized carbons (Fsp3) is 0.550. The Morgan fingerprint density at radius 1 is 1.15 bits per heavy atom. The van der Waals surface area contributed by atoms with E-state index in [1.54, 1.807) is 18.2 Å². The molecule has 0 atom stereocenters. The first-order valence-electron chi connectivity index (χ1n) is 9.67. The maximum absolute atomic E-state index is 14.5. The van der Waals surface area contributed by atoms with Gasteiger partial charge in [-0.3, -0.25) is 10.1 Å². The van der Waals surface area contributed by atoms with Gasteiger partial charge in [0, 0.05) is 24.7 Å². The molecule has 5 nitrogen and oxygen atoms in total. The summed E-state index contributed by atoms with van der Waals surface area (Å²) in [6.07, 6.45) is 6.91. The van der Waals surface area contributed by atoms with Crippen molar-refractivity contribution in [3.63, 3.8) is 0 Å². The van der Waals surface area contributed by atoms with E-state index in [4.69, 9.17) is 4.74 Å². The second kappa shape index (κ2) is 8.02. The van der Waals surface area contributed by atoms with Gasteiger partial charge in [0.1, 0.15) is 10.8 Å². The number of ether oxygens (including phenoxy) is 1. The van der Waals surface area contributed by atoms with Gasteiger partial charge in [0.15, 0.2) is 0 Å². The minimum Gasteiger partial charge on any atom is -0.381 e. The molecule has 0 bridgehead atoms. The van der Waals surface area contributed by atoms with Crippen molar-refractivity contribution in [3.8, 4) is 0 Å². The van der Waals surface area contributed by atoms with Gasteiger partial charge in [0.2, 0.25) is 11.0 Å². The SMILES string of the molecule is O=C(Nc1nnc(C2CCCCC2)s1)C1(c2ccccc2F)CCOCC1. The zero-order chi connectivity index (χ0) is 18.7. The normalized spacial score (nSPS) is 20.3. The number of hydrogen-bond donors (Lipinski definition) is 1. The summed E-state index contributed by atoms with van der Waals surface area (Å²) >= 11 is 1.45. The standard InChI is InChI=1S/C20H24FN3O2S/c21-16-9-5-4-8-15(16)20(10-12-26-13-11-20)18(25)22-19-24-23-17(27-19)14-6-2-1-3-7-14/h4-5,8-9,14H,1-3,6-7,10-13H2,(H,22,24,25). The van der Waals surface area contributed by atoms with Crippen LogP contribution in [0.15, 0.2) is 24.3 Å². The van der Waals surface area contributed by atoms with Gasteiger partial charge in [-0.1, -0.05) is 48.8 Å². The topological polar surface area (TPSA) is 64.1 Å². The van der Waals surface area contributed by atoms with E-state index in [1.807, 2.05) is 0 Å². The van der Waals surface area contributed by atoms with Crippen molar-refractivity contribution in [3.05, 3.63) is 40.7 Å². The quantitative estimate of drug-likeness (QED) is 0.841. The summed E-state index contributed by atoms with van der Waals surface area (Å²) in [5, 5.41) is 12.9. The van der Waals surface area contributed by atoms with Gasteiger partial charge in [0.25, 0.3) is 0 Å². The molecule has 0 spiro atoms. The maximum atomic E-state index is 14.5. The monoisotopic (exact) mass is 389 g/mol. The molecule has 1 saturated heterocycles. The van der Waals surface area contributed by atoms with Crippen LogP contribution in [0.3, 0.4) is 0 Å². The third kappa shape index (κ3) is 3.75. The summed E-state index contributed by atoms with van der Waals surface area (Å²) in [5.74, 6) is -0.123. The lowest BCUT2D eigenvalue weighted by molar-refractivity contribution is -0.125. The van der Waals surface area contributed by atoms with Gasteiger partial charge < -0.3 is 4.74 Å². The summed E-state index contributed by atoms with van der Waals surface area (Å²) in [4.78, 5) is 13.2. The highest BCUT2D eigenvalue weighted by Crippen LogP contribution is 2.39. The van der Waals surface area contributed by atoms with E-state index >= 15 is 0 Å². The molecule has 1 saturated carbocycles. The Morgan fingerprint density at radius 3 is 2.63 bits per heavy atom. The first-order valence-corrected chi connectivity index (χ1v) is 10.5. The highest BCUT2D eigenvalue weighted by molar-refractivity contribution is 7.15. The average molecular weight is 389 g/mol. The second-order valence-corrected chi connectivity index (χ2v) is 8.42. The molecule has 27 heavy (non-hydrogen) atoms. The molecule has 1 aromatic heterocycles. The fourth-order valence-electron chi connectivity index (χ4n) is 4.20. The predicted octanol–water partition coefficient (Wildman–Crippen LogP) is 4.41. The summed E-state index contributed by atoms with van der Waals surface area (Å²) in [6, 6.07) is 6.53. The van der Waals surface area contributed by atoms with Crippen molar-refractivity contribution < 1.29 is 13.9 Å². The molecule has 1 aromatic carbocycles. The van der Waals surface area contributed by atoms with Crippen molar-refractivity contribution in [2.24, 2.45) is 0 Å². The number of carbonyl (C=O) groups excluding carboxylic acids is 1. The van der Waals surface area contributed by atoms with Crippen molar-refractivity contribution in [2.75, 3.05) is 18.5 Å². The molecule has 2 aromatic rings. The first-order chi connectivity index (χ1) is 13.2. The number of halogens is 1. The third-order valence-corrected chi connectivity index (χ3v) is 6.79. The number of anilines is 1. The van der Waals surface area contributed by atoms with E-state index in [2.05, 4.69) is 15.5 Å². The molecule has 1 aliphatic heterocycles. The number of amides is 1. The largest absolute Gasteiger partial charge is 0.381 e. The minimum absolute atomic E-state index is 0.220. The van der Waals surface area contributed by atoms with Gasteiger partial charge in [-0.25, -0.2) is 4.39 Å². The molecule has 2 heterocycles. The third-order valence-electron chi connectivity index (χ3n) is 5.79. The van der Waals surface area contributed by atoms with Crippen LogP contribution in [0.25, 0.3) is 0 Å². The summed E-state index contributed by atoms with van der Waals surface area (Å²) in [6.45, 7) is 0.871. The van der Waals surface area contributed by atoms with Crippen molar-refractivity contribution in [1.82, 2.24) is 10.2 Å². The van der Waals surface area contributed by atoms with E-state index < -0.39 is 5.41 Å². The maximum Gasteiger partial charge on any atom is 0.237 e. The fourth-order valence-corrected chi connectivity index (χ4v) is 5.11. The smallest absolute Gasteiger partial charge is 0.237 e. The Kier molecular flexibility index (Phi) is 5.50. The van der Waals surface area contributed by atoms with Crippen LogP contribution in [0.1, 0.15) is 61.4 Å². The number of aromatic nitrogens is 2. The first kappa shape index (κ1) is 18.5. The lowest BCUT2D eigenvalue weighted by atomic mass is 9.73. The molecule has 2 fully saturated rings. The molecule has 1 amide bonds. The number of nitrogens with one attached hydrogen (secondary N) is 1. The highest BCUT2D eigenvalue weighted by Gasteiger charge is 2.43. The van der Waals surface area contributed by atoms with Crippen LogP contribution in [0.2, 0.25) is 0 Å². The summed E-state index contributed by atoms with van der Waals surface area (Å²) in [5.41, 5.74) is -0.497. The lowest BCUT2D eigenvalue weighted by Gasteiger charge is -2.36. The van der Waals surface area contributed by atoms with Crippen molar-refractivity contribution in [1.29, 1.82) is 0 Å². The number of hydrogen-bond acceptors (Lipinski definition) is 5. The molecule has 7 heteroatoms. The zero-order valence-electron chi connectivity index (χ0n) is 15.2. The number of nitrogens with zero attached hydrogens (tertiary/aromatic N) is 2. The lowest BCUT2D eigenvalue weighted by Crippen LogP contribution is -2.45. The zero-order valence-corrected chi connectivity index (χ0v) is 16.1. The number of rotatable bonds is 4. The molecule has 2 aliphatic rings. The Morgan fingerprint density at radius 2 is 1.89 bits per heavy atom. The average Bonchev–Trinajstić information content (AvgIpc) is 3.18. The van der Waals surface area contributed by atoms with Gasteiger partial charge in [0.05, 0.1) is 5.41 Å². The van der Waals surface area contributed by atoms with Crippen molar-refractivity contribution >= 4 is 22.4 Å². The van der Waals surface area contributed by atoms with Crippen LogP contribution in [0.4, 0.5) is 9.52 Å². The van der Waals surface area contributed by atoms with Crippen LogP contribution in [-0.2, 0) is 14.9 Å². The van der Waals surface area contributed by atoms with Gasteiger partial charge in [-0.05, 0) is 31.7 Å². The highest BCUT2D eigenvalue weighted by atomic mass is 32.1. The Balaban J connectivity index is 1.56. The molecule has 144 valence electrons. The van der Waals surface area contributed by atoms with Gasteiger partial charge in [-0.2, -0.15) is 0 Å². The van der Waals surface area contributed by atoms with E-state index in [0.717, 1.165) is 17.8 Å². The van der Waals surface area contributed by atoms with Gasteiger partial charge >= 0.3 is 0 Å². The molecule has 0 radical (unpaired) electrons. The van der Waals surface area contributed by atoms with Crippen molar-refractivity contribution in [2.45, 2.75) is 56.3 Å². The molecular weight excluding hydrogens is 365 g/mol. The second-order valence-electron chi connectivity index (χ2n) is 7.41. The molecule has 1 N–H and O–H groups in total. The minimum atomic E-state index is -0.930. The number of carbonyl (C=O) groups is 1. The summed E-state index contributed by atoms with van der Waals surface area (Å²) < 4.78 is 20.0. The van der Waals surface area contributed by atoms with Crippen LogP contribution >= 0.6 is 11.3 Å². The predicted molar refractivity (Wildman–Crippen MR) is 102 cm³/mol. The van der Waals surface area contributed by atoms with Crippen LogP contribution in [-0.4, -0.2) is 29.3 Å². The van der Waals surface area contributed by atoms with Crippen LogP contribution in [0.5, 0.6) is 0 Å². The Labute approximate surface area is 162 Å². The molecular formula is C20H24FN3O2S. The summed E-state index contributed by atoms with van der Waals surface area (Å²) in [7, 11) is 0. The Bertz CT molecular complexity index is 798. The Hall–Kier alpha value is -1.86. The van der Waals surface area contributed by atoms with E-state index in [0.29, 0.717) is 42.7 Å². The van der Waals surface area contributed by atoms with E-state index in [1.165, 1.54) is 36.7 Å². The van der Waals surface area contributed by atoms with Crippen LogP contribution in [0, 0.1) is 5.82 Å². The molecule has 0 unspecified atom stereocenters. The molecule has 1 aliphatic carbocycles. The van der Waals surface area contributed by atoms with Gasteiger partial charge in [-0.15, -0.1) is 10.2 Å². The molecule has 4 rings (SSSR count). The number of benzene rings is 1. The van der Waals surface area contributed by atoms with E-state index in [9.17, 15) is 9.18 Å². The van der Waals surface area contributed by atoms with Crippen LogP contribution < -0.4 is 5.32 Å². The van der Waals surface area contributed by atoms with E-state index in [-0.39, 0.29) is 11.7 Å².